The molecule has 2 nitrogen and oxygen atoms in total. The highest BCUT2D eigenvalue weighted by Crippen LogP contribution is 2.44. The van der Waals surface area contributed by atoms with Crippen molar-refractivity contribution in [3.05, 3.63) is 27.8 Å². The molecule has 1 saturated carbocycles. The number of aliphatic hydroxyl groups is 1. The van der Waals surface area contributed by atoms with E-state index < -0.39 is 5.60 Å². The first-order valence-electron chi connectivity index (χ1n) is 5.83. The van der Waals surface area contributed by atoms with Crippen LogP contribution < -0.4 is 0 Å². The van der Waals surface area contributed by atoms with E-state index >= 15 is 0 Å². The van der Waals surface area contributed by atoms with Crippen molar-refractivity contribution in [1.29, 1.82) is 0 Å². The van der Waals surface area contributed by atoms with Crippen LogP contribution in [-0.2, 0) is 19.3 Å². The third-order valence-corrected chi connectivity index (χ3v) is 4.14. The molecule has 0 amide bonds. The van der Waals surface area contributed by atoms with Crippen LogP contribution in [0.15, 0.2) is 6.07 Å². The van der Waals surface area contributed by atoms with E-state index in [0.717, 1.165) is 43.2 Å². The number of hydrogen-bond acceptors (Lipinski definition) is 2. The molecule has 0 bridgehead atoms. The maximum absolute atomic E-state index is 10.0. The Bertz CT molecular complexity index is 450. The fourth-order valence-corrected chi connectivity index (χ4v) is 2.89. The molecule has 1 aromatic carbocycles. The monoisotopic (exact) mass is 238 g/mol. The van der Waals surface area contributed by atoms with Gasteiger partial charge >= 0.3 is 0 Å². The number of aromatic hydroxyl groups is 1. The summed E-state index contributed by atoms with van der Waals surface area (Å²) in [5.41, 5.74) is 2.59. The summed E-state index contributed by atoms with van der Waals surface area (Å²) in [5.74, 6) is 0.183. The number of phenolic OH excluding ortho intramolecular Hbond substituents is 1. The SMILES string of the molecule is Oc1c(CC2(O)CC2)cc2c(c1Cl)CCC2. The molecular formula is C13H15ClO2. The first kappa shape index (κ1) is 10.4. The normalized spacial score (nSPS) is 20.9. The number of hydrogen-bond donors (Lipinski definition) is 2. The highest BCUT2D eigenvalue weighted by molar-refractivity contribution is 6.33. The molecule has 3 heteroatoms. The van der Waals surface area contributed by atoms with Crippen LogP contribution in [0.25, 0.3) is 0 Å². The summed E-state index contributed by atoms with van der Waals surface area (Å²) < 4.78 is 0. The van der Waals surface area contributed by atoms with E-state index in [0.29, 0.717) is 11.4 Å². The molecule has 0 saturated heterocycles. The van der Waals surface area contributed by atoms with Crippen LogP contribution >= 0.6 is 11.6 Å². The van der Waals surface area contributed by atoms with Gasteiger partial charge in [-0.2, -0.15) is 0 Å². The Balaban J connectivity index is 2.02. The number of aryl methyl sites for hydroxylation is 1. The molecule has 0 radical (unpaired) electrons. The van der Waals surface area contributed by atoms with Crippen LogP contribution in [0.5, 0.6) is 5.75 Å². The van der Waals surface area contributed by atoms with Crippen molar-refractivity contribution >= 4 is 11.6 Å². The molecule has 2 aliphatic carbocycles. The number of rotatable bonds is 2. The second-order valence-electron chi connectivity index (χ2n) is 5.09. The van der Waals surface area contributed by atoms with Crippen molar-refractivity contribution in [2.24, 2.45) is 0 Å². The Kier molecular flexibility index (Phi) is 2.20. The third kappa shape index (κ3) is 1.61. The molecule has 3 rings (SSSR count). The minimum Gasteiger partial charge on any atom is -0.506 e. The maximum atomic E-state index is 10.0. The third-order valence-electron chi connectivity index (χ3n) is 3.73. The van der Waals surface area contributed by atoms with Crippen molar-refractivity contribution in [3.8, 4) is 5.75 Å². The molecule has 86 valence electrons. The first-order valence-corrected chi connectivity index (χ1v) is 6.21. The summed E-state index contributed by atoms with van der Waals surface area (Å²) in [6, 6.07) is 2.03. The van der Waals surface area contributed by atoms with Gasteiger partial charge in [-0.15, -0.1) is 0 Å². The molecule has 2 aliphatic rings. The number of halogens is 1. The molecule has 0 spiro atoms. The molecule has 16 heavy (non-hydrogen) atoms. The van der Waals surface area contributed by atoms with Crippen LogP contribution in [0.1, 0.15) is 36.0 Å². The lowest BCUT2D eigenvalue weighted by molar-refractivity contribution is 0.150. The van der Waals surface area contributed by atoms with Crippen molar-refractivity contribution in [1.82, 2.24) is 0 Å². The molecular weight excluding hydrogens is 224 g/mol. The van der Waals surface area contributed by atoms with Gasteiger partial charge in [-0.1, -0.05) is 17.7 Å². The largest absolute Gasteiger partial charge is 0.506 e. The van der Waals surface area contributed by atoms with Crippen LogP contribution in [-0.4, -0.2) is 15.8 Å². The van der Waals surface area contributed by atoms with Gasteiger partial charge in [-0.25, -0.2) is 0 Å². The van der Waals surface area contributed by atoms with Crippen molar-refractivity contribution in [2.45, 2.75) is 44.1 Å². The van der Waals surface area contributed by atoms with E-state index in [2.05, 4.69) is 0 Å². The Morgan fingerprint density at radius 3 is 2.75 bits per heavy atom. The highest BCUT2D eigenvalue weighted by Gasteiger charge is 2.41. The summed E-state index contributed by atoms with van der Waals surface area (Å²) in [7, 11) is 0. The van der Waals surface area contributed by atoms with Gasteiger partial charge in [0.15, 0.2) is 0 Å². The second kappa shape index (κ2) is 3.38. The fraction of sp³-hybridized carbons (Fsp3) is 0.538. The summed E-state index contributed by atoms with van der Waals surface area (Å²) in [4.78, 5) is 0. The first-order chi connectivity index (χ1) is 7.59. The van der Waals surface area contributed by atoms with Gasteiger partial charge in [0.25, 0.3) is 0 Å². The van der Waals surface area contributed by atoms with Gasteiger partial charge in [-0.05, 0) is 48.8 Å². The topological polar surface area (TPSA) is 40.5 Å². The number of phenols is 1. The zero-order valence-electron chi connectivity index (χ0n) is 9.09. The average molecular weight is 239 g/mol. The predicted octanol–water partition coefficient (Wildman–Crippen LogP) is 2.60. The molecule has 2 N–H and O–H groups in total. The lowest BCUT2D eigenvalue weighted by atomic mass is 10.00. The summed E-state index contributed by atoms with van der Waals surface area (Å²) in [6.07, 6.45) is 5.32. The molecule has 0 aromatic heterocycles. The predicted molar refractivity (Wildman–Crippen MR) is 63.0 cm³/mol. The Morgan fingerprint density at radius 1 is 1.31 bits per heavy atom. The van der Waals surface area contributed by atoms with Crippen molar-refractivity contribution in [3.63, 3.8) is 0 Å². The van der Waals surface area contributed by atoms with E-state index in [1.807, 2.05) is 6.07 Å². The van der Waals surface area contributed by atoms with Gasteiger partial charge in [-0.3, -0.25) is 0 Å². The van der Waals surface area contributed by atoms with Gasteiger partial charge in [0.05, 0.1) is 10.6 Å². The molecule has 0 heterocycles. The standard InChI is InChI=1S/C13H15ClO2/c14-11-10-3-1-2-8(10)6-9(12(11)15)7-13(16)4-5-13/h6,15-16H,1-5,7H2. The zero-order chi connectivity index (χ0) is 11.3. The van der Waals surface area contributed by atoms with E-state index in [9.17, 15) is 10.2 Å². The zero-order valence-corrected chi connectivity index (χ0v) is 9.85. The van der Waals surface area contributed by atoms with E-state index in [-0.39, 0.29) is 5.75 Å². The van der Waals surface area contributed by atoms with E-state index in [4.69, 9.17) is 11.6 Å². The number of fused-ring (bicyclic) bond motifs is 1. The lowest BCUT2D eigenvalue weighted by Gasteiger charge is -2.13. The quantitative estimate of drug-likeness (QED) is 0.832. The minimum absolute atomic E-state index is 0.183. The summed E-state index contributed by atoms with van der Waals surface area (Å²) in [6.45, 7) is 0. The van der Waals surface area contributed by atoms with Gasteiger partial charge < -0.3 is 10.2 Å². The Labute approximate surface area is 99.9 Å². The lowest BCUT2D eigenvalue weighted by Crippen LogP contribution is -2.11. The highest BCUT2D eigenvalue weighted by atomic mass is 35.5. The molecule has 1 fully saturated rings. The molecule has 0 unspecified atom stereocenters. The second-order valence-corrected chi connectivity index (χ2v) is 5.47. The summed E-state index contributed by atoms with van der Waals surface area (Å²) >= 11 is 6.16. The van der Waals surface area contributed by atoms with Crippen LogP contribution in [0.3, 0.4) is 0 Å². The van der Waals surface area contributed by atoms with Crippen LogP contribution in [0.4, 0.5) is 0 Å². The molecule has 1 aromatic rings. The van der Waals surface area contributed by atoms with Gasteiger partial charge in [0.1, 0.15) is 5.75 Å². The Morgan fingerprint density at radius 2 is 2.06 bits per heavy atom. The van der Waals surface area contributed by atoms with Gasteiger partial charge in [0.2, 0.25) is 0 Å². The minimum atomic E-state index is -0.576. The van der Waals surface area contributed by atoms with Crippen molar-refractivity contribution < 1.29 is 10.2 Å². The smallest absolute Gasteiger partial charge is 0.137 e. The maximum Gasteiger partial charge on any atom is 0.137 e. The van der Waals surface area contributed by atoms with Crippen LogP contribution in [0, 0.1) is 0 Å². The fourth-order valence-electron chi connectivity index (χ4n) is 2.55. The van der Waals surface area contributed by atoms with Crippen LogP contribution in [0.2, 0.25) is 5.02 Å². The molecule has 0 aliphatic heterocycles. The number of benzene rings is 1. The van der Waals surface area contributed by atoms with Crippen molar-refractivity contribution in [2.75, 3.05) is 0 Å². The van der Waals surface area contributed by atoms with Gasteiger partial charge in [0, 0.05) is 6.42 Å². The van der Waals surface area contributed by atoms with E-state index in [1.54, 1.807) is 0 Å². The molecule has 0 atom stereocenters. The van der Waals surface area contributed by atoms with E-state index in [1.165, 1.54) is 5.56 Å². The average Bonchev–Trinajstić information content (AvgIpc) is 2.79. The Hall–Kier alpha value is -0.730. The summed E-state index contributed by atoms with van der Waals surface area (Å²) in [5, 5.41) is 20.4.